The molecule has 2 rings (SSSR count). The smallest absolute Gasteiger partial charge is 0.151 e. The fourth-order valence-electron chi connectivity index (χ4n) is 3.04. The third-order valence-electron chi connectivity index (χ3n) is 4.26. The van der Waals surface area contributed by atoms with E-state index >= 15 is 0 Å². The first kappa shape index (κ1) is 13.3. The fourth-order valence-corrected chi connectivity index (χ4v) is 4.45. The van der Waals surface area contributed by atoms with Crippen molar-refractivity contribution in [1.29, 1.82) is 0 Å². The quantitative estimate of drug-likeness (QED) is 0.795. The highest BCUT2D eigenvalue weighted by atomic mass is 32.2. The first-order valence-corrected chi connectivity index (χ1v) is 8.91. The van der Waals surface area contributed by atoms with Crippen molar-refractivity contribution in [2.24, 2.45) is 5.92 Å². The molecule has 2 saturated carbocycles. The molecular formula is C13H25NO2S. The lowest BCUT2D eigenvalue weighted by Crippen LogP contribution is -2.45. The Morgan fingerprint density at radius 3 is 2.47 bits per heavy atom. The third kappa shape index (κ3) is 3.68. The number of nitrogens with one attached hydrogen (secondary N) is 1. The normalized spacial score (nSPS) is 31.6. The summed E-state index contributed by atoms with van der Waals surface area (Å²) in [5.74, 6) is 0.908. The minimum absolute atomic E-state index is 0.143. The van der Waals surface area contributed by atoms with E-state index in [-0.39, 0.29) is 11.3 Å². The molecule has 0 saturated heterocycles. The van der Waals surface area contributed by atoms with Gasteiger partial charge in [-0.15, -0.1) is 0 Å². The lowest BCUT2D eigenvalue weighted by atomic mass is 10.1. The van der Waals surface area contributed by atoms with E-state index in [4.69, 9.17) is 0 Å². The highest BCUT2D eigenvalue weighted by Crippen LogP contribution is 2.35. The van der Waals surface area contributed by atoms with Gasteiger partial charge >= 0.3 is 0 Å². The summed E-state index contributed by atoms with van der Waals surface area (Å²) < 4.78 is 23.4. The van der Waals surface area contributed by atoms with Crippen molar-refractivity contribution in [2.75, 3.05) is 6.26 Å². The highest BCUT2D eigenvalue weighted by Gasteiger charge is 2.36. The minimum atomic E-state index is -2.88. The van der Waals surface area contributed by atoms with Crippen molar-refractivity contribution < 1.29 is 8.42 Å². The number of hydrogen-bond donors (Lipinski definition) is 1. The van der Waals surface area contributed by atoms with E-state index in [1.165, 1.54) is 25.5 Å². The average Bonchev–Trinajstić information content (AvgIpc) is 2.91. The molecule has 0 aromatic rings. The van der Waals surface area contributed by atoms with Crippen LogP contribution >= 0.6 is 0 Å². The van der Waals surface area contributed by atoms with Gasteiger partial charge in [0.1, 0.15) is 0 Å². The van der Waals surface area contributed by atoms with Crippen molar-refractivity contribution in [2.45, 2.75) is 69.2 Å². The molecule has 3 atom stereocenters. The molecule has 3 nitrogen and oxygen atoms in total. The maximum atomic E-state index is 11.7. The zero-order valence-corrected chi connectivity index (χ0v) is 11.8. The largest absolute Gasteiger partial charge is 0.310 e. The van der Waals surface area contributed by atoms with Gasteiger partial charge in [0.25, 0.3) is 0 Å². The van der Waals surface area contributed by atoms with Crippen molar-refractivity contribution >= 4 is 9.84 Å². The molecule has 2 aliphatic rings. The standard InChI is InChI=1S/C13H25NO2S/c1-3-11(9-10-7-8-10)14-12-5-4-6-13(12)17(2,15)16/h10-14H,3-9H2,1-2H3. The monoisotopic (exact) mass is 259 g/mol. The summed E-state index contributed by atoms with van der Waals surface area (Å²) in [4.78, 5) is 0. The Bertz CT molecular complexity index is 348. The molecule has 0 aromatic heterocycles. The van der Waals surface area contributed by atoms with Crippen LogP contribution in [0.4, 0.5) is 0 Å². The second-order valence-electron chi connectivity index (χ2n) is 5.86. The fraction of sp³-hybridized carbons (Fsp3) is 1.00. The Morgan fingerprint density at radius 1 is 1.24 bits per heavy atom. The molecule has 1 N–H and O–H groups in total. The molecule has 0 spiro atoms. The minimum Gasteiger partial charge on any atom is -0.310 e. The molecule has 2 fully saturated rings. The van der Waals surface area contributed by atoms with Crippen molar-refractivity contribution in [3.8, 4) is 0 Å². The molecular weight excluding hydrogens is 234 g/mol. The van der Waals surface area contributed by atoms with Crippen LogP contribution in [0.1, 0.15) is 51.9 Å². The molecule has 0 bridgehead atoms. The van der Waals surface area contributed by atoms with E-state index in [1.54, 1.807) is 0 Å². The third-order valence-corrected chi connectivity index (χ3v) is 5.92. The lowest BCUT2D eigenvalue weighted by Gasteiger charge is -2.25. The van der Waals surface area contributed by atoms with Gasteiger partial charge in [0.2, 0.25) is 0 Å². The molecule has 100 valence electrons. The maximum Gasteiger partial charge on any atom is 0.151 e. The van der Waals surface area contributed by atoms with Gasteiger partial charge in [-0.1, -0.05) is 26.2 Å². The van der Waals surface area contributed by atoms with Crippen LogP contribution in [0.2, 0.25) is 0 Å². The van der Waals surface area contributed by atoms with Crippen LogP contribution in [0.15, 0.2) is 0 Å². The van der Waals surface area contributed by atoms with E-state index in [2.05, 4.69) is 12.2 Å². The van der Waals surface area contributed by atoms with Crippen LogP contribution in [0.3, 0.4) is 0 Å². The second-order valence-corrected chi connectivity index (χ2v) is 8.12. The van der Waals surface area contributed by atoms with Gasteiger partial charge in [0, 0.05) is 18.3 Å². The average molecular weight is 259 g/mol. The van der Waals surface area contributed by atoms with Gasteiger partial charge in [0.05, 0.1) is 5.25 Å². The summed E-state index contributed by atoms with van der Waals surface area (Å²) in [6, 6.07) is 0.726. The molecule has 0 amide bonds. The van der Waals surface area contributed by atoms with Crippen molar-refractivity contribution in [3.05, 3.63) is 0 Å². The molecule has 17 heavy (non-hydrogen) atoms. The summed E-state index contributed by atoms with van der Waals surface area (Å²) in [6.07, 6.45) is 9.41. The van der Waals surface area contributed by atoms with E-state index in [0.29, 0.717) is 6.04 Å². The summed E-state index contributed by atoms with van der Waals surface area (Å²) in [5.41, 5.74) is 0. The van der Waals surface area contributed by atoms with Gasteiger partial charge < -0.3 is 5.32 Å². The summed E-state index contributed by atoms with van der Waals surface area (Å²) in [6.45, 7) is 2.20. The van der Waals surface area contributed by atoms with Crippen LogP contribution < -0.4 is 5.32 Å². The van der Waals surface area contributed by atoms with Crippen LogP contribution in [0.5, 0.6) is 0 Å². The summed E-state index contributed by atoms with van der Waals surface area (Å²) in [5, 5.41) is 3.47. The predicted octanol–water partition coefficient (Wildman–Crippen LogP) is 2.12. The molecule has 0 aromatic carbocycles. The molecule has 0 radical (unpaired) electrons. The Balaban J connectivity index is 1.91. The van der Waals surface area contributed by atoms with Crippen molar-refractivity contribution in [3.63, 3.8) is 0 Å². The summed E-state index contributed by atoms with van der Waals surface area (Å²) >= 11 is 0. The first-order chi connectivity index (χ1) is 8.00. The lowest BCUT2D eigenvalue weighted by molar-refractivity contribution is 0.386. The zero-order valence-electron chi connectivity index (χ0n) is 11.0. The van der Waals surface area contributed by atoms with E-state index in [9.17, 15) is 8.42 Å². The topological polar surface area (TPSA) is 46.2 Å². The van der Waals surface area contributed by atoms with E-state index in [1.807, 2.05) is 0 Å². The van der Waals surface area contributed by atoms with Gasteiger partial charge in [-0.25, -0.2) is 8.42 Å². The van der Waals surface area contributed by atoms with Crippen LogP contribution in [-0.4, -0.2) is 32.0 Å². The predicted molar refractivity (Wildman–Crippen MR) is 70.8 cm³/mol. The Kier molecular flexibility index (Phi) is 4.14. The van der Waals surface area contributed by atoms with Gasteiger partial charge in [-0.3, -0.25) is 0 Å². The van der Waals surface area contributed by atoms with Crippen LogP contribution in [0, 0.1) is 5.92 Å². The first-order valence-electron chi connectivity index (χ1n) is 6.95. The van der Waals surface area contributed by atoms with Gasteiger partial charge in [-0.2, -0.15) is 0 Å². The molecule has 0 aliphatic heterocycles. The summed E-state index contributed by atoms with van der Waals surface area (Å²) in [7, 11) is -2.88. The number of sulfone groups is 1. The van der Waals surface area contributed by atoms with Gasteiger partial charge in [0.15, 0.2) is 9.84 Å². The number of rotatable bonds is 6. The van der Waals surface area contributed by atoms with Crippen LogP contribution in [-0.2, 0) is 9.84 Å². The Labute approximate surface area is 105 Å². The van der Waals surface area contributed by atoms with E-state index in [0.717, 1.165) is 31.6 Å². The SMILES string of the molecule is CCC(CC1CC1)NC1CCCC1S(C)(=O)=O. The maximum absolute atomic E-state index is 11.7. The molecule has 4 heteroatoms. The molecule has 0 heterocycles. The zero-order chi connectivity index (χ0) is 12.5. The highest BCUT2D eigenvalue weighted by molar-refractivity contribution is 7.91. The van der Waals surface area contributed by atoms with Crippen molar-refractivity contribution in [1.82, 2.24) is 5.32 Å². The number of hydrogen-bond acceptors (Lipinski definition) is 3. The second kappa shape index (κ2) is 5.27. The van der Waals surface area contributed by atoms with Crippen LogP contribution in [0.25, 0.3) is 0 Å². The van der Waals surface area contributed by atoms with Gasteiger partial charge in [-0.05, 0) is 31.6 Å². The van der Waals surface area contributed by atoms with E-state index < -0.39 is 9.84 Å². The molecule has 2 aliphatic carbocycles. The Hall–Kier alpha value is -0.0900. The molecule has 3 unspecified atom stereocenters. The Morgan fingerprint density at radius 2 is 1.94 bits per heavy atom.